The van der Waals surface area contributed by atoms with Crippen molar-refractivity contribution in [1.82, 2.24) is 4.98 Å². The van der Waals surface area contributed by atoms with Crippen molar-refractivity contribution in [3.8, 4) is 0 Å². The Kier molecular flexibility index (Phi) is 1.21. The predicted molar refractivity (Wildman–Crippen MR) is 41.2 cm³/mol. The molecular weight excluding hydrogens is 163 g/mol. The van der Waals surface area contributed by atoms with Crippen molar-refractivity contribution in [2.75, 3.05) is 5.73 Å². The monoisotopic (exact) mass is 168 g/mol. The number of oxazole rings is 1. The van der Waals surface area contributed by atoms with Crippen molar-refractivity contribution in [3.05, 3.63) is 28.5 Å². The third-order valence-electron chi connectivity index (χ3n) is 1.51. The Morgan fingerprint density at radius 3 is 3.00 bits per heavy atom. The van der Waals surface area contributed by atoms with Gasteiger partial charge in [-0.1, -0.05) is 0 Å². The average molecular weight is 168 g/mol. The maximum atomic E-state index is 13.0. The number of hydrogen-bond acceptors (Lipinski definition) is 3. The Balaban J connectivity index is 2.97. The molecule has 0 spiro atoms. The quantitative estimate of drug-likeness (QED) is 0.572. The summed E-state index contributed by atoms with van der Waals surface area (Å²) in [6, 6.07) is 2.50. The number of hydrogen-bond donors (Lipinski definition) is 2. The maximum absolute atomic E-state index is 13.0. The Morgan fingerprint density at radius 2 is 2.25 bits per heavy atom. The van der Waals surface area contributed by atoms with Crippen LogP contribution in [0.1, 0.15) is 0 Å². The van der Waals surface area contributed by atoms with Crippen LogP contribution in [0.4, 0.5) is 10.1 Å². The Bertz CT molecular complexity index is 486. The molecule has 1 aromatic heterocycles. The van der Waals surface area contributed by atoms with Crippen molar-refractivity contribution in [1.29, 1.82) is 0 Å². The summed E-state index contributed by atoms with van der Waals surface area (Å²) in [6.07, 6.45) is 0. The van der Waals surface area contributed by atoms with Crippen LogP contribution in [0, 0.1) is 5.82 Å². The van der Waals surface area contributed by atoms with Crippen LogP contribution >= 0.6 is 0 Å². The molecule has 2 rings (SSSR count). The van der Waals surface area contributed by atoms with Gasteiger partial charge in [0, 0.05) is 11.8 Å². The van der Waals surface area contributed by atoms with Crippen molar-refractivity contribution in [3.63, 3.8) is 0 Å². The standard InChI is InChI=1S/C7H5FN2O2/c8-4-1-3(9)2-5-6(4)10-7(11)12-5/h1-2H,9H2,(H,10,11). The maximum Gasteiger partial charge on any atom is 0.417 e. The lowest BCUT2D eigenvalue weighted by atomic mass is 10.3. The third-order valence-corrected chi connectivity index (χ3v) is 1.51. The van der Waals surface area contributed by atoms with Gasteiger partial charge in [0.05, 0.1) is 0 Å². The molecule has 0 saturated heterocycles. The number of aromatic nitrogens is 1. The highest BCUT2D eigenvalue weighted by Crippen LogP contribution is 2.17. The second-order valence-electron chi connectivity index (χ2n) is 2.39. The van der Waals surface area contributed by atoms with Gasteiger partial charge in [0.2, 0.25) is 0 Å². The second kappa shape index (κ2) is 2.10. The fourth-order valence-corrected chi connectivity index (χ4v) is 1.03. The number of nitrogen functional groups attached to an aromatic ring is 1. The number of halogens is 1. The molecule has 0 unspecified atom stereocenters. The summed E-state index contributed by atoms with van der Waals surface area (Å²) in [6.45, 7) is 0. The highest BCUT2D eigenvalue weighted by molar-refractivity contribution is 5.76. The highest BCUT2D eigenvalue weighted by Gasteiger charge is 2.06. The Labute approximate surface area is 65.8 Å². The molecule has 0 atom stereocenters. The number of aromatic amines is 1. The van der Waals surface area contributed by atoms with E-state index in [2.05, 4.69) is 9.40 Å². The van der Waals surface area contributed by atoms with E-state index in [1.165, 1.54) is 6.07 Å². The lowest BCUT2D eigenvalue weighted by Gasteiger charge is -1.92. The van der Waals surface area contributed by atoms with Crippen molar-refractivity contribution in [2.24, 2.45) is 0 Å². The fourth-order valence-electron chi connectivity index (χ4n) is 1.03. The molecular formula is C7H5FN2O2. The van der Waals surface area contributed by atoms with Gasteiger partial charge < -0.3 is 10.2 Å². The summed E-state index contributed by atoms with van der Waals surface area (Å²) < 4.78 is 17.5. The fraction of sp³-hybridized carbons (Fsp3) is 0. The summed E-state index contributed by atoms with van der Waals surface area (Å²) >= 11 is 0. The molecule has 4 nitrogen and oxygen atoms in total. The normalized spacial score (nSPS) is 10.8. The van der Waals surface area contributed by atoms with Crippen LogP contribution in [0.5, 0.6) is 0 Å². The summed E-state index contributed by atoms with van der Waals surface area (Å²) in [5.74, 6) is -1.27. The zero-order valence-electron chi connectivity index (χ0n) is 5.93. The molecule has 0 radical (unpaired) electrons. The van der Waals surface area contributed by atoms with Gasteiger partial charge in [-0.2, -0.15) is 0 Å². The minimum atomic E-state index is -0.686. The lowest BCUT2D eigenvalue weighted by Crippen LogP contribution is -1.93. The van der Waals surface area contributed by atoms with Gasteiger partial charge in [-0.25, -0.2) is 9.18 Å². The van der Waals surface area contributed by atoms with E-state index in [1.54, 1.807) is 0 Å². The van der Waals surface area contributed by atoms with E-state index >= 15 is 0 Å². The lowest BCUT2D eigenvalue weighted by molar-refractivity contribution is 0.555. The molecule has 0 bridgehead atoms. The van der Waals surface area contributed by atoms with Crippen LogP contribution in [-0.2, 0) is 0 Å². The van der Waals surface area contributed by atoms with Gasteiger partial charge in [0.15, 0.2) is 11.4 Å². The minimum Gasteiger partial charge on any atom is -0.408 e. The summed E-state index contributed by atoms with van der Waals surface area (Å²) in [4.78, 5) is 12.8. The summed E-state index contributed by atoms with van der Waals surface area (Å²) in [7, 11) is 0. The van der Waals surface area contributed by atoms with Crippen LogP contribution in [0.25, 0.3) is 11.1 Å². The largest absolute Gasteiger partial charge is 0.417 e. The first-order valence-corrected chi connectivity index (χ1v) is 3.24. The SMILES string of the molecule is Nc1cc(F)c2[nH]c(=O)oc2c1. The molecule has 1 aromatic carbocycles. The zero-order chi connectivity index (χ0) is 8.72. The first-order chi connectivity index (χ1) is 5.66. The van der Waals surface area contributed by atoms with E-state index in [0.717, 1.165) is 6.07 Å². The smallest absolute Gasteiger partial charge is 0.408 e. The molecule has 0 amide bonds. The second-order valence-corrected chi connectivity index (χ2v) is 2.39. The molecule has 5 heteroatoms. The van der Waals surface area contributed by atoms with Gasteiger partial charge in [0.25, 0.3) is 0 Å². The first kappa shape index (κ1) is 6.90. The summed E-state index contributed by atoms with van der Waals surface area (Å²) in [5, 5.41) is 0. The van der Waals surface area contributed by atoms with Crippen LogP contribution in [0.2, 0.25) is 0 Å². The predicted octanol–water partition coefficient (Wildman–Crippen LogP) is 0.842. The molecule has 3 N–H and O–H groups in total. The number of nitrogens with two attached hydrogens (primary N) is 1. The molecule has 12 heavy (non-hydrogen) atoms. The molecule has 0 aliphatic carbocycles. The number of anilines is 1. The topological polar surface area (TPSA) is 72.0 Å². The highest BCUT2D eigenvalue weighted by atomic mass is 19.1. The number of H-pyrrole nitrogens is 1. The number of nitrogens with one attached hydrogen (secondary N) is 1. The van der Waals surface area contributed by atoms with Gasteiger partial charge >= 0.3 is 5.76 Å². The van der Waals surface area contributed by atoms with Crippen molar-refractivity contribution in [2.45, 2.75) is 0 Å². The van der Waals surface area contributed by atoms with E-state index in [-0.39, 0.29) is 16.8 Å². The van der Waals surface area contributed by atoms with E-state index < -0.39 is 11.6 Å². The molecule has 62 valence electrons. The average Bonchev–Trinajstić information content (AvgIpc) is 2.29. The third kappa shape index (κ3) is 0.868. The molecule has 0 aliphatic rings. The van der Waals surface area contributed by atoms with E-state index in [0.29, 0.717) is 0 Å². The number of fused-ring (bicyclic) bond motifs is 1. The van der Waals surface area contributed by atoms with Crippen LogP contribution in [-0.4, -0.2) is 4.98 Å². The zero-order valence-corrected chi connectivity index (χ0v) is 5.93. The molecule has 0 aliphatic heterocycles. The van der Waals surface area contributed by atoms with Gasteiger partial charge in [0.1, 0.15) is 5.52 Å². The van der Waals surface area contributed by atoms with E-state index in [9.17, 15) is 9.18 Å². The number of benzene rings is 1. The van der Waals surface area contributed by atoms with Crippen LogP contribution in [0.3, 0.4) is 0 Å². The van der Waals surface area contributed by atoms with Gasteiger partial charge in [-0.05, 0) is 6.07 Å². The van der Waals surface area contributed by atoms with Crippen LogP contribution in [0.15, 0.2) is 21.3 Å². The Morgan fingerprint density at radius 1 is 1.50 bits per heavy atom. The minimum absolute atomic E-state index is 0.0502. The van der Waals surface area contributed by atoms with Gasteiger partial charge in [-0.3, -0.25) is 4.98 Å². The molecule has 1 heterocycles. The molecule has 2 aromatic rings. The van der Waals surface area contributed by atoms with Crippen LogP contribution < -0.4 is 11.5 Å². The molecule has 0 saturated carbocycles. The van der Waals surface area contributed by atoms with E-state index in [4.69, 9.17) is 5.73 Å². The van der Waals surface area contributed by atoms with E-state index in [1.807, 2.05) is 0 Å². The summed E-state index contributed by atoms with van der Waals surface area (Å²) in [5.41, 5.74) is 5.73. The molecule has 0 fully saturated rings. The van der Waals surface area contributed by atoms with Gasteiger partial charge in [-0.15, -0.1) is 0 Å². The Hall–Kier alpha value is -1.78. The van der Waals surface area contributed by atoms with Crippen molar-refractivity contribution < 1.29 is 8.81 Å². The van der Waals surface area contributed by atoms with Crippen molar-refractivity contribution >= 4 is 16.8 Å². The number of rotatable bonds is 0. The first-order valence-electron chi connectivity index (χ1n) is 3.24.